The van der Waals surface area contributed by atoms with Crippen LogP contribution in [0.4, 0.5) is 0 Å². The van der Waals surface area contributed by atoms with E-state index in [1.54, 1.807) is 24.3 Å². The van der Waals surface area contributed by atoms with Crippen molar-refractivity contribution in [3.8, 4) is 0 Å². The average Bonchev–Trinajstić information content (AvgIpc) is 2.45. The van der Waals surface area contributed by atoms with Gasteiger partial charge in [0.15, 0.2) is 9.84 Å². The number of nitrogens with zero attached hydrogens (tertiary/aromatic N) is 1. The number of hydrogen-bond donors (Lipinski definition) is 0. The van der Waals surface area contributed by atoms with Crippen molar-refractivity contribution in [2.45, 2.75) is 51.8 Å². The van der Waals surface area contributed by atoms with E-state index < -0.39 is 9.84 Å². The largest absolute Gasteiger partial charge is 0.336 e. The molecular formula is C17H27NO3S. The van der Waals surface area contributed by atoms with Crippen LogP contribution in [0.2, 0.25) is 0 Å². The lowest BCUT2D eigenvalue weighted by Crippen LogP contribution is -2.39. The highest BCUT2D eigenvalue weighted by Crippen LogP contribution is 2.15. The predicted molar refractivity (Wildman–Crippen MR) is 90.7 cm³/mol. The van der Waals surface area contributed by atoms with E-state index in [-0.39, 0.29) is 17.7 Å². The Morgan fingerprint density at radius 1 is 1.27 bits per heavy atom. The minimum absolute atomic E-state index is 0.0156. The molecule has 1 aromatic carbocycles. The van der Waals surface area contributed by atoms with Crippen molar-refractivity contribution in [2.24, 2.45) is 0 Å². The number of amides is 1. The van der Waals surface area contributed by atoms with Gasteiger partial charge in [0.2, 0.25) is 0 Å². The second kappa shape index (κ2) is 8.32. The van der Waals surface area contributed by atoms with Gasteiger partial charge in [-0.15, -0.1) is 0 Å². The molecule has 5 heteroatoms. The third-order valence-electron chi connectivity index (χ3n) is 3.74. The molecule has 0 saturated carbocycles. The average molecular weight is 325 g/mol. The van der Waals surface area contributed by atoms with E-state index in [1.165, 1.54) is 6.26 Å². The van der Waals surface area contributed by atoms with E-state index in [9.17, 15) is 13.2 Å². The van der Waals surface area contributed by atoms with Gasteiger partial charge in [-0.1, -0.05) is 32.4 Å². The number of benzene rings is 1. The van der Waals surface area contributed by atoms with Crippen LogP contribution in [0, 0.1) is 0 Å². The maximum Gasteiger partial charge on any atom is 0.254 e. The molecule has 1 unspecified atom stereocenters. The molecule has 22 heavy (non-hydrogen) atoms. The number of sulfone groups is 1. The van der Waals surface area contributed by atoms with Gasteiger partial charge in [0.1, 0.15) is 0 Å². The minimum Gasteiger partial charge on any atom is -0.336 e. The monoisotopic (exact) mass is 325 g/mol. The Morgan fingerprint density at radius 2 is 1.95 bits per heavy atom. The topological polar surface area (TPSA) is 54.5 Å². The van der Waals surface area contributed by atoms with Crippen LogP contribution in [-0.4, -0.2) is 38.1 Å². The molecular weight excluding hydrogens is 298 g/mol. The van der Waals surface area contributed by atoms with Gasteiger partial charge in [0.05, 0.1) is 5.75 Å². The van der Waals surface area contributed by atoms with Crippen LogP contribution in [0.15, 0.2) is 24.3 Å². The molecule has 0 heterocycles. The predicted octanol–water partition coefficient (Wildman–Crippen LogP) is 3.27. The molecule has 1 rings (SSSR count). The lowest BCUT2D eigenvalue weighted by Gasteiger charge is -2.29. The number of unbranched alkanes of at least 4 members (excludes halogenated alkanes) is 1. The first-order chi connectivity index (χ1) is 10.3. The molecule has 0 spiro atoms. The number of carbonyl (C=O) groups is 1. The van der Waals surface area contributed by atoms with Gasteiger partial charge in [0, 0.05) is 24.4 Å². The fourth-order valence-corrected chi connectivity index (χ4v) is 3.12. The van der Waals surface area contributed by atoms with Gasteiger partial charge >= 0.3 is 0 Å². The van der Waals surface area contributed by atoms with Crippen molar-refractivity contribution in [3.05, 3.63) is 35.4 Å². The summed E-state index contributed by atoms with van der Waals surface area (Å²) in [6.45, 7) is 6.96. The van der Waals surface area contributed by atoms with Crippen LogP contribution in [0.3, 0.4) is 0 Å². The summed E-state index contributed by atoms with van der Waals surface area (Å²) < 4.78 is 22.8. The first-order valence-corrected chi connectivity index (χ1v) is 9.92. The molecule has 4 nitrogen and oxygen atoms in total. The zero-order valence-corrected chi connectivity index (χ0v) is 14.8. The summed E-state index contributed by atoms with van der Waals surface area (Å²) in [5.41, 5.74) is 1.23. The van der Waals surface area contributed by atoms with Gasteiger partial charge in [-0.3, -0.25) is 4.79 Å². The highest BCUT2D eigenvalue weighted by molar-refractivity contribution is 7.89. The zero-order chi connectivity index (χ0) is 16.8. The number of hydrogen-bond acceptors (Lipinski definition) is 3. The lowest BCUT2D eigenvalue weighted by molar-refractivity contribution is 0.0685. The first kappa shape index (κ1) is 18.7. The van der Waals surface area contributed by atoms with Crippen molar-refractivity contribution < 1.29 is 13.2 Å². The van der Waals surface area contributed by atoms with Gasteiger partial charge < -0.3 is 4.90 Å². The second-order valence-corrected chi connectivity index (χ2v) is 8.02. The van der Waals surface area contributed by atoms with Crippen molar-refractivity contribution in [1.29, 1.82) is 0 Å². The van der Waals surface area contributed by atoms with Gasteiger partial charge in [-0.25, -0.2) is 8.42 Å². The molecule has 0 saturated heterocycles. The van der Waals surface area contributed by atoms with E-state index in [0.717, 1.165) is 25.8 Å². The maximum absolute atomic E-state index is 12.7. The number of rotatable bonds is 8. The molecule has 0 bridgehead atoms. The first-order valence-electron chi connectivity index (χ1n) is 7.86. The molecule has 0 N–H and O–H groups in total. The molecule has 1 atom stereocenters. The van der Waals surface area contributed by atoms with E-state index in [1.807, 2.05) is 11.8 Å². The third-order valence-corrected chi connectivity index (χ3v) is 4.60. The zero-order valence-electron chi connectivity index (χ0n) is 14.0. The molecule has 0 radical (unpaired) electrons. The van der Waals surface area contributed by atoms with Crippen LogP contribution < -0.4 is 0 Å². The Kier molecular flexibility index (Phi) is 7.07. The molecule has 0 aliphatic heterocycles. The minimum atomic E-state index is -3.10. The maximum atomic E-state index is 12.7. The Balaban J connectivity index is 3.00. The Labute approximate surface area is 134 Å². The van der Waals surface area contributed by atoms with Gasteiger partial charge in [-0.2, -0.15) is 0 Å². The molecule has 0 aromatic heterocycles. The van der Waals surface area contributed by atoms with Crippen molar-refractivity contribution in [1.82, 2.24) is 4.90 Å². The molecule has 0 fully saturated rings. The van der Waals surface area contributed by atoms with Crippen molar-refractivity contribution in [3.63, 3.8) is 0 Å². The Hall–Kier alpha value is -1.36. The molecule has 124 valence electrons. The van der Waals surface area contributed by atoms with Crippen LogP contribution in [0.5, 0.6) is 0 Å². The summed E-state index contributed by atoms with van der Waals surface area (Å²) in [5.74, 6) is -0.0509. The van der Waals surface area contributed by atoms with Crippen LogP contribution in [-0.2, 0) is 15.6 Å². The Bertz CT molecular complexity index is 596. The standard InChI is InChI=1S/C17H27NO3S/c1-5-7-11-18(14(3)6-2)17(19)16-10-8-9-15(12-16)13-22(4,20)21/h8-10,12,14H,5-7,11,13H2,1-4H3. The summed E-state index contributed by atoms with van der Waals surface area (Å²) >= 11 is 0. The SMILES string of the molecule is CCCCN(C(=O)c1cccc(CS(C)(=O)=O)c1)C(C)CC. The fraction of sp³-hybridized carbons (Fsp3) is 0.588. The highest BCUT2D eigenvalue weighted by Gasteiger charge is 2.20. The molecule has 0 aliphatic rings. The summed E-state index contributed by atoms with van der Waals surface area (Å²) in [6, 6.07) is 7.14. The van der Waals surface area contributed by atoms with Crippen LogP contribution >= 0.6 is 0 Å². The van der Waals surface area contributed by atoms with E-state index in [4.69, 9.17) is 0 Å². The molecule has 0 aliphatic carbocycles. The lowest BCUT2D eigenvalue weighted by atomic mass is 10.1. The Morgan fingerprint density at radius 3 is 2.50 bits per heavy atom. The molecule has 1 aromatic rings. The summed E-state index contributed by atoms with van der Waals surface area (Å²) in [7, 11) is -3.10. The van der Waals surface area contributed by atoms with Gasteiger partial charge in [-0.05, 0) is 37.5 Å². The normalized spacial score (nSPS) is 12.9. The van der Waals surface area contributed by atoms with E-state index >= 15 is 0 Å². The highest BCUT2D eigenvalue weighted by atomic mass is 32.2. The van der Waals surface area contributed by atoms with Crippen LogP contribution in [0.25, 0.3) is 0 Å². The van der Waals surface area contributed by atoms with Crippen molar-refractivity contribution >= 4 is 15.7 Å². The molecule has 1 amide bonds. The van der Waals surface area contributed by atoms with Gasteiger partial charge in [0.25, 0.3) is 5.91 Å². The smallest absolute Gasteiger partial charge is 0.254 e. The second-order valence-electron chi connectivity index (χ2n) is 5.88. The van der Waals surface area contributed by atoms with E-state index in [2.05, 4.69) is 13.8 Å². The summed E-state index contributed by atoms with van der Waals surface area (Å²) in [6.07, 6.45) is 4.11. The fourth-order valence-electron chi connectivity index (χ4n) is 2.33. The van der Waals surface area contributed by atoms with Crippen molar-refractivity contribution in [2.75, 3.05) is 12.8 Å². The quantitative estimate of drug-likeness (QED) is 0.737. The summed E-state index contributed by atoms with van der Waals surface area (Å²) in [4.78, 5) is 14.6. The number of carbonyl (C=O) groups excluding carboxylic acids is 1. The van der Waals surface area contributed by atoms with E-state index in [0.29, 0.717) is 11.1 Å². The summed E-state index contributed by atoms with van der Waals surface area (Å²) in [5, 5.41) is 0. The third kappa shape index (κ3) is 5.79. The van der Waals surface area contributed by atoms with Crippen LogP contribution in [0.1, 0.15) is 56.0 Å².